The van der Waals surface area contributed by atoms with E-state index in [1.54, 1.807) is 18.2 Å². The zero-order valence-corrected chi connectivity index (χ0v) is 18.4. The molecule has 3 rings (SSSR count). The SMILES string of the molecule is COc1ccc(CC(=O)N2CCN(S(=O)(=O)c3ccccc3C(F)(F)F)CC2)cc1OC. The maximum atomic E-state index is 13.3. The van der Waals surface area contributed by atoms with E-state index in [0.29, 0.717) is 17.1 Å². The van der Waals surface area contributed by atoms with Gasteiger partial charge in [0.2, 0.25) is 15.9 Å². The first-order valence-electron chi connectivity index (χ1n) is 9.73. The van der Waals surface area contributed by atoms with Gasteiger partial charge in [-0.05, 0) is 29.8 Å². The van der Waals surface area contributed by atoms with Gasteiger partial charge in [-0.3, -0.25) is 4.79 Å². The molecule has 0 spiro atoms. The highest BCUT2D eigenvalue weighted by atomic mass is 32.2. The summed E-state index contributed by atoms with van der Waals surface area (Å²) in [5, 5.41) is 0. The Morgan fingerprint density at radius 1 is 0.969 bits per heavy atom. The zero-order valence-electron chi connectivity index (χ0n) is 17.6. The first kappa shape index (κ1) is 23.9. The van der Waals surface area contributed by atoms with Gasteiger partial charge in [-0.25, -0.2) is 8.42 Å². The fourth-order valence-corrected chi connectivity index (χ4v) is 5.15. The van der Waals surface area contributed by atoms with E-state index in [9.17, 15) is 26.4 Å². The van der Waals surface area contributed by atoms with Crippen molar-refractivity contribution in [2.24, 2.45) is 0 Å². The van der Waals surface area contributed by atoms with Crippen LogP contribution in [0.2, 0.25) is 0 Å². The van der Waals surface area contributed by atoms with Crippen LogP contribution >= 0.6 is 0 Å². The summed E-state index contributed by atoms with van der Waals surface area (Å²) in [5.74, 6) is 0.795. The molecule has 174 valence electrons. The molecule has 1 aliphatic rings. The van der Waals surface area contributed by atoms with Gasteiger partial charge in [-0.1, -0.05) is 18.2 Å². The number of methoxy groups -OCH3 is 2. The van der Waals surface area contributed by atoms with Crippen molar-refractivity contribution in [3.63, 3.8) is 0 Å². The Morgan fingerprint density at radius 3 is 2.19 bits per heavy atom. The van der Waals surface area contributed by atoms with Crippen LogP contribution in [0.4, 0.5) is 13.2 Å². The average Bonchev–Trinajstić information content (AvgIpc) is 2.78. The van der Waals surface area contributed by atoms with E-state index in [1.165, 1.54) is 25.2 Å². The van der Waals surface area contributed by atoms with Gasteiger partial charge in [0.1, 0.15) is 0 Å². The van der Waals surface area contributed by atoms with Crippen LogP contribution in [0, 0.1) is 0 Å². The summed E-state index contributed by atoms with van der Waals surface area (Å²) in [6, 6.07) is 9.20. The van der Waals surface area contributed by atoms with Gasteiger partial charge in [0.15, 0.2) is 11.5 Å². The van der Waals surface area contributed by atoms with Crippen molar-refractivity contribution in [3.05, 3.63) is 53.6 Å². The molecule has 1 amide bonds. The molecule has 1 saturated heterocycles. The first-order chi connectivity index (χ1) is 15.1. The number of nitrogens with zero attached hydrogens (tertiary/aromatic N) is 2. The molecular formula is C21H23F3N2O5S. The van der Waals surface area contributed by atoms with Crippen molar-refractivity contribution in [3.8, 4) is 11.5 Å². The molecule has 32 heavy (non-hydrogen) atoms. The second-order valence-corrected chi connectivity index (χ2v) is 9.05. The number of amides is 1. The summed E-state index contributed by atoms with van der Waals surface area (Å²) in [6.07, 6.45) is -4.72. The highest BCUT2D eigenvalue weighted by molar-refractivity contribution is 7.89. The summed E-state index contributed by atoms with van der Waals surface area (Å²) < 4.78 is 76.9. The van der Waals surface area contributed by atoms with E-state index in [1.807, 2.05) is 0 Å². The van der Waals surface area contributed by atoms with E-state index in [0.717, 1.165) is 22.5 Å². The van der Waals surface area contributed by atoms with Crippen molar-refractivity contribution in [2.45, 2.75) is 17.5 Å². The monoisotopic (exact) mass is 472 g/mol. The summed E-state index contributed by atoms with van der Waals surface area (Å²) >= 11 is 0. The molecule has 11 heteroatoms. The summed E-state index contributed by atoms with van der Waals surface area (Å²) in [6.45, 7) is -0.0164. The number of benzene rings is 2. The number of halogens is 3. The molecule has 0 bridgehead atoms. The second-order valence-electron chi connectivity index (χ2n) is 7.14. The van der Waals surface area contributed by atoms with Crippen molar-refractivity contribution in [2.75, 3.05) is 40.4 Å². The molecular weight excluding hydrogens is 449 g/mol. The number of rotatable bonds is 6. The van der Waals surface area contributed by atoms with Gasteiger partial charge in [-0.15, -0.1) is 0 Å². The predicted molar refractivity (Wildman–Crippen MR) is 110 cm³/mol. The van der Waals surface area contributed by atoms with Crippen LogP contribution in [0.15, 0.2) is 47.4 Å². The van der Waals surface area contributed by atoms with Crippen molar-refractivity contribution in [1.29, 1.82) is 0 Å². The van der Waals surface area contributed by atoms with Crippen LogP contribution in [0.5, 0.6) is 11.5 Å². The second kappa shape index (κ2) is 9.37. The third-order valence-electron chi connectivity index (χ3n) is 5.20. The van der Waals surface area contributed by atoms with Gasteiger partial charge >= 0.3 is 6.18 Å². The number of ether oxygens (including phenoxy) is 2. The number of carbonyl (C=O) groups excluding carboxylic acids is 1. The number of hydrogen-bond acceptors (Lipinski definition) is 5. The Balaban J connectivity index is 1.68. The molecule has 2 aromatic carbocycles. The topological polar surface area (TPSA) is 76.2 Å². The number of piperazine rings is 1. The lowest BCUT2D eigenvalue weighted by molar-refractivity contribution is -0.139. The van der Waals surface area contributed by atoms with Crippen LogP contribution in [-0.4, -0.2) is 63.9 Å². The normalized spacial score (nSPS) is 15.5. The Kier molecular flexibility index (Phi) is 6.99. The minimum absolute atomic E-state index is 0.0734. The highest BCUT2D eigenvalue weighted by Gasteiger charge is 2.39. The number of hydrogen-bond donors (Lipinski definition) is 0. The van der Waals surface area contributed by atoms with E-state index in [2.05, 4.69) is 0 Å². The molecule has 0 aliphatic carbocycles. The van der Waals surface area contributed by atoms with Gasteiger partial charge in [0.05, 0.1) is 31.1 Å². The maximum absolute atomic E-state index is 13.3. The standard InChI is InChI=1S/C21H23F3N2O5S/c1-30-17-8-7-15(13-18(17)31-2)14-20(27)25-9-11-26(12-10-25)32(28,29)19-6-4-3-5-16(19)21(22,23)24/h3-8,13H,9-12,14H2,1-2H3. The molecule has 1 fully saturated rings. The number of sulfonamides is 1. The highest BCUT2D eigenvalue weighted by Crippen LogP contribution is 2.35. The van der Waals surface area contributed by atoms with Crippen LogP contribution < -0.4 is 9.47 Å². The van der Waals surface area contributed by atoms with Crippen molar-refractivity contribution >= 4 is 15.9 Å². The number of carbonyl (C=O) groups is 1. The maximum Gasteiger partial charge on any atom is 0.417 e. The molecule has 2 aromatic rings. The van der Waals surface area contributed by atoms with E-state index in [4.69, 9.17) is 9.47 Å². The van der Waals surface area contributed by atoms with E-state index < -0.39 is 26.7 Å². The Bertz CT molecular complexity index is 1080. The van der Waals surface area contributed by atoms with Crippen LogP contribution in [0.3, 0.4) is 0 Å². The minimum atomic E-state index is -4.79. The first-order valence-corrected chi connectivity index (χ1v) is 11.2. The molecule has 7 nitrogen and oxygen atoms in total. The van der Waals surface area contributed by atoms with Crippen LogP contribution in [0.1, 0.15) is 11.1 Å². The molecule has 0 saturated carbocycles. The van der Waals surface area contributed by atoms with Gasteiger partial charge in [0.25, 0.3) is 0 Å². The quantitative estimate of drug-likeness (QED) is 0.646. The van der Waals surface area contributed by atoms with Gasteiger partial charge < -0.3 is 14.4 Å². The van der Waals surface area contributed by atoms with Gasteiger partial charge in [0, 0.05) is 26.2 Å². The molecule has 0 N–H and O–H groups in total. The molecule has 1 heterocycles. The Labute approximate surface area is 184 Å². The fraction of sp³-hybridized carbons (Fsp3) is 0.381. The Hall–Kier alpha value is -2.79. The zero-order chi connectivity index (χ0) is 23.5. The lowest BCUT2D eigenvalue weighted by Gasteiger charge is -2.34. The third kappa shape index (κ3) is 4.99. The summed E-state index contributed by atoms with van der Waals surface area (Å²) in [4.78, 5) is 13.4. The lowest BCUT2D eigenvalue weighted by Crippen LogP contribution is -2.51. The van der Waals surface area contributed by atoms with Crippen molar-refractivity contribution in [1.82, 2.24) is 9.21 Å². The molecule has 0 unspecified atom stereocenters. The summed E-state index contributed by atoms with van der Waals surface area (Å²) in [7, 11) is -1.37. The largest absolute Gasteiger partial charge is 0.493 e. The van der Waals surface area contributed by atoms with Crippen LogP contribution in [-0.2, 0) is 27.4 Å². The molecule has 0 aromatic heterocycles. The molecule has 0 radical (unpaired) electrons. The predicted octanol–water partition coefficient (Wildman–Crippen LogP) is 2.80. The van der Waals surface area contributed by atoms with Gasteiger partial charge in [-0.2, -0.15) is 17.5 Å². The lowest BCUT2D eigenvalue weighted by atomic mass is 10.1. The van der Waals surface area contributed by atoms with Crippen molar-refractivity contribution < 1.29 is 35.9 Å². The summed E-state index contributed by atoms with van der Waals surface area (Å²) in [5.41, 5.74) is -0.506. The molecule has 0 atom stereocenters. The van der Waals surface area contributed by atoms with E-state index >= 15 is 0 Å². The Morgan fingerprint density at radius 2 is 1.59 bits per heavy atom. The fourth-order valence-electron chi connectivity index (χ4n) is 3.52. The van der Waals surface area contributed by atoms with Crippen LogP contribution in [0.25, 0.3) is 0 Å². The average molecular weight is 472 g/mol. The molecule has 1 aliphatic heterocycles. The number of alkyl halides is 3. The smallest absolute Gasteiger partial charge is 0.417 e. The van der Waals surface area contributed by atoms with E-state index in [-0.39, 0.29) is 38.5 Å². The minimum Gasteiger partial charge on any atom is -0.493 e. The third-order valence-corrected chi connectivity index (χ3v) is 7.16.